The maximum Gasteiger partial charge on any atom is 0.114 e. The maximum atomic E-state index is 10.9. The third-order valence-electron chi connectivity index (χ3n) is 4.68. The lowest BCUT2D eigenvalue weighted by atomic mass is 9.62. The molecular formula is C15H21NOS. The summed E-state index contributed by atoms with van der Waals surface area (Å²) in [6.45, 7) is 4.02. The molecule has 1 N–H and O–H groups in total. The molecule has 1 aliphatic carbocycles. The van der Waals surface area contributed by atoms with E-state index >= 15 is 0 Å². The van der Waals surface area contributed by atoms with Gasteiger partial charge in [0.15, 0.2) is 0 Å². The van der Waals surface area contributed by atoms with Gasteiger partial charge in [-0.05, 0) is 50.0 Å². The van der Waals surface area contributed by atoms with E-state index in [4.69, 9.17) is 0 Å². The van der Waals surface area contributed by atoms with Gasteiger partial charge in [-0.25, -0.2) is 0 Å². The maximum absolute atomic E-state index is 10.9. The van der Waals surface area contributed by atoms with Crippen molar-refractivity contribution in [1.29, 1.82) is 5.26 Å². The van der Waals surface area contributed by atoms with Crippen LogP contribution in [0.25, 0.3) is 0 Å². The molecular weight excluding hydrogens is 242 g/mol. The van der Waals surface area contributed by atoms with E-state index in [2.05, 4.69) is 13.0 Å². The zero-order valence-corrected chi connectivity index (χ0v) is 12.0. The first-order valence-electron chi connectivity index (χ1n) is 6.73. The number of nitrogens with zero attached hydrogens (tertiary/aromatic N) is 1. The molecule has 1 aromatic heterocycles. The van der Waals surface area contributed by atoms with Crippen LogP contribution in [0.15, 0.2) is 17.5 Å². The summed E-state index contributed by atoms with van der Waals surface area (Å²) in [6.07, 6.45) is 4.93. The minimum Gasteiger partial charge on any atom is -0.383 e. The number of rotatable bonds is 3. The van der Waals surface area contributed by atoms with Gasteiger partial charge in [-0.15, -0.1) is 11.3 Å². The lowest BCUT2D eigenvalue weighted by Gasteiger charge is -2.44. The summed E-state index contributed by atoms with van der Waals surface area (Å²) in [6, 6.07) is 6.33. The molecule has 1 fully saturated rings. The smallest absolute Gasteiger partial charge is 0.114 e. The van der Waals surface area contributed by atoms with E-state index < -0.39 is 11.0 Å². The molecule has 0 bridgehead atoms. The highest BCUT2D eigenvalue weighted by atomic mass is 32.1. The second kappa shape index (κ2) is 5.03. The average Bonchev–Trinajstić information content (AvgIpc) is 2.93. The molecule has 2 nitrogen and oxygen atoms in total. The van der Waals surface area contributed by atoms with Crippen molar-refractivity contribution in [2.75, 3.05) is 0 Å². The Bertz CT molecular complexity index is 422. The van der Waals surface area contributed by atoms with Crippen molar-refractivity contribution in [3.8, 4) is 6.07 Å². The minimum atomic E-state index is -1.02. The second-order valence-electron chi connectivity index (χ2n) is 5.60. The SMILES string of the molecule is CCC1CCC(C#N)(C(C)(O)c2cccs2)CC1. The molecule has 1 heterocycles. The molecule has 0 aliphatic heterocycles. The summed E-state index contributed by atoms with van der Waals surface area (Å²) in [7, 11) is 0. The summed E-state index contributed by atoms with van der Waals surface area (Å²) in [5.41, 5.74) is -1.63. The van der Waals surface area contributed by atoms with Crippen LogP contribution >= 0.6 is 11.3 Å². The highest BCUT2D eigenvalue weighted by Crippen LogP contribution is 2.51. The highest BCUT2D eigenvalue weighted by molar-refractivity contribution is 7.10. The van der Waals surface area contributed by atoms with E-state index in [9.17, 15) is 10.4 Å². The van der Waals surface area contributed by atoms with Crippen molar-refractivity contribution in [2.45, 2.75) is 51.6 Å². The van der Waals surface area contributed by atoms with Crippen molar-refractivity contribution in [3.63, 3.8) is 0 Å². The predicted octanol–water partition coefficient (Wildman–Crippen LogP) is 4.07. The van der Waals surface area contributed by atoms with E-state index in [-0.39, 0.29) is 0 Å². The Hall–Kier alpha value is -0.850. The molecule has 2 rings (SSSR count). The summed E-state index contributed by atoms with van der Waals surface area (Å²) in [5, 5.41) is 22.5. The van der Waals surface area contributed by atoms with Crippen LogP contribution in [0.4, 0.5) is 0 Å². The number of hydrogen-bond acceptors (Lipinski definition) is 3. The Morgan fingerprint density at radius 2 is 2.22 bits per heavy atom. The first kappa shape index (κ1) is 13.6. The molecule has 1 aliphatic rings. The quantitative estimate of drug-likeness (QED) is 0.893. The van der Waals surface area contributed by atoms with Gasteiger partial charge >= 0.3 is 0 Å². The first-order chi connectivity index (χ1) is 8.55. The fourth-order valence-corrected chi connectivity index (χ4v) is 3.96. The molecule has 0 saturated heterocycles. The van der Waals surface area contributed by atoms with E-state index in [1.807, 2.05) is 24.4 Å². The van der Waals surface area contributed by atoms with Gasteiger partial charge < -0.3 is 5.11 Å². The van der Waals surface area contributed by atoms with Crippen molar-refractivity contribution >= 4 is 11.3 Å². The predicted molar refractivity (Wildman–Crippen MR) is 74.2 cm³/mol. The van der Waals surface area contributed by atoms with E-state index in [0.29, 0.717) is 0 Å². The molecule has 1 atom stereocenters. The molecule has 1 saturated carbocycles. The first-order valence-corrected chi connectivity index (χ1v) is 7.61. The van der Waals surface area contributed by atoms with Gasteiger partial charge in [0.1, 0.15) is 5.60 Å². The summed E-state index contributed by atoms with van der Waals surface area (Å²) in [5.74, 6) is 0.727. The summed E-state index contributed by atoms with van der Waals surface area (Å²) in [4.78, 5) is 0.916. The zero-order valence-electron chi connectivity index (χ0n) is 11.1. The standard InChI is InChI=1S/C15H21NOS/c1-3-12-6-8-15(11-16,9-7-12)14(2,17)13-5-4-10-18-13/h4-5,10,12,17H,3,6-9H2,1-2H3. The molecule has 18 heavy (non-hydrogen) atoms. The van der Waals surface area contributed by atoms with Crippen LogP contribution in [0.5, 0.6) is 0 Å². The van der Waals surface area contributed by atoms with Crippen LogP contribution in [-0.4, -0.2) is 5.11 Å². The van der Waals surface area contributed by atoms with E-state index in [0.717, 1.165) is 36.5 Å². The van der Waals surface area contributed by atoms with Crippen LogP contribution in [0.2, 0.25) is 0 Å². The molecule has 3 heteroatoms. The molecule has 0 amide bonds. The molecule has 98 valence electrons. The molecule has 0 radical (unpaired) electrons. The van der Waals surface area contributed by atoms with Crippen LogP contribution in [0.3, 0.4) is 0 Å². The Morgan fingerprint density at radius 3 is 2.67 bits per heavy atom. The van der Waals surface area contributed by atoms with E-state index in [1.165, 1.54) is 6.42 Å². The lowest BCUT2D eigenvalue weighted by Crippen LogP contribution is -2.44. The van der Waals surface area contributed by atoms with Crippen molar-refractivity contribution in [3.05, 3.63) is 22.4 Å². The third kappa shape index (κ3) is 2.08. The van der Waals surface area contributed by atoms with Gasteiger partial charge in [-0.2, -0.15) is 5.26 Å². The van der Waals surface area contributed by atoms with Crippen molar-refractivity contribution in [2.24, 2.45) is 11.3 Å². The molecule has 1 aromatic rings. The second-order valence-corrected chi connectivity index (χ2v) is 6.54. The lowest BCUT2D eigenvalue weighted by molar-refractivity contribution is -0.0670. The van der Waals surface area contributed by atoms with Crippen molar-refractivity contribution < 1.29 is 5.11 Å². The number of nitriles is 1. The largest absolute Gasteiger partial charge is 0.383 e. The molecule has 0 aromatic carbocycles. The average molecular weight is 263 g/mol. The minimum absolute atomic E-state index is 0.608. The highest BCUT2D eigenvalue weighted by Gasteiger charge is 2.50. The van der Waals surface area contributed by atoms with E-state index in [1.54, 1.807) is 11.3 Å². The molecule has 0 spiro atoms. The Balaban J connectivity index is 2.26. The number of hydrogen-bond donors (Lipinski definition) is 1. The fourth-order valence-electron chi connectivity index (χ4n) is 3.08. The normalized spacial score (nSPS) is 31.6. The Morgan fingerprint density at radius 1 is 1.56 bits per heavy atom. The summed E-state index contributed by atoms with van der Waals surface area (Å²) < 4.78 is 0. The Labute approximate surface area is 113 Å². The van der Waals surface area contributed by atoms with Gasteiger partial charge in [0.2, 0.25) is 0 Å². The van der Waals surface area contributed by atoms with Gasteiger partial charge in [0.25, 0.3) is 0 Å². The summed E-state index contributed by atoms with van der Waals surface area (Å²) >= 11 is 1.54. The van der Waals surface area contributed by atoms with Crippen LogP contribution < -0.4 is 0 Å². The van der Waals surface area contributed by atoms with Crippen molar-refractivity contribution in [1.82, 2.24) is 0 Å². The van der Waals surface area contributed by atoms with Gasteiger partial charge in [0.05, 0.1) is 11.5 Å². The zero-order chi connectivity index (χ0) is 13.2. The topological polar surface area (TPSA) is 44.0 Å². The number of thiophene rings is 1. The molecule has 1 unspecified atom stereocenters. The fraction of sp³-hybridized carbons (Fsp3) is 0.667. The number of aliphatic hydroxyl groups is 1. The monoisotopic (exact) mass is 263 g/mol. The van der Waals surface area contributed by atoms with Gasteiger partial charge in [-0.1, -0.05) is 19.4 Å². The Kier molecular flexibility index (Phi) is 3.79. The van der Waals surface area contributed by atoms with Gasteiger partial charge in [0, 0.05) is 4.88 Å². The third-order valence-corrected chi connectivity index (χ3v) is 5.76. The van der Waals surface area contributed by atoms with Crippen LogP contribution in [0, 0.1) is 22.7 Å². The van der Waals surface area contributed by atoms with Gasteiger partial charge in [-0.3, -0.25) is 0 Å². The van der Waals surface area contributed by atoms with Crippen LogP contribution in [0.1, 0.15) is 50.8 Å². The van der Waals surface area contributed by atoms with Crippen LogP contribution in [-0.2, 0) is 5.60 Å².